The van der Waals surface area contributed by atoms with E-state index < -0.39 is 0 Å². The van der Waals surface area contributed by atoms with Gasteiger partial charge in [-0.2, -0.15) is 0 Å². The van der Waals surface area contributed by atoms with E-state index in [0.29, 0.717) is 45.1 Å². The van der Waals surface area contributed by atoms with Gasteiger partial charge in [0.1, 0.15) is 5.69 Å². The second-order valence-corrected chi connectivity index (χ2v) is 12.3. The lowest BCUT2D eigenvalue weighted by Crippen LogP contribution is -2.47. The van der Waals surface area contributed by atoms with Gasteiger partial charge in [-0.05, 0) is 37.2 Å². The number of nitrogens with zero attached hydrogens (tertiary/aromatic N) is 3. The van der Waals surface area contributed by atoms with E-state index in [1.165, 1.54) is 0 Å². The van der Waals surface area contributed by atoms with Crippen molar-refractivity contribution in [2.75, 3.05) is 40.0 Å². The highest BCUT2D eigenvalue weighted by Crippen LogP contribution is 2.39. The Morgan fingerprint density at radius 1 is 1.02 bits per heavy atom. The zero-order chi connectivity index (χ0) is 30.8. The lowest BCUT2D eigenvalue weighted by molar-refractivity contribution is -0.0242. The van der Waals surface area contributed by atoms with Crippen molar-refractivity contribution < 1.29 is 24.1 Å². The van der Waals surface area contributed by atoms with Crippen molar-refractivity contribution in [2.45, 2.75) is 45.6 Å². The predicted molar refractivity (Wildman–Crippen MR) is 172 cm³/mol. The van der Waals surface area contributed by atoms with E-state index in [1.54, 1.807) is 0 Å². The van der Waals surface area contributed by atoms with Gasteiger partial charge in [0, 0.05) is 61.1 Å². The number of rotatable bonds is 6. The summed E-state index contributed by atoms with van der Waals surface area (Å²) in [6, 6.07) is 22.1. The molecule has 0 fully saturated rings. The van der Waals surface area contributed by atoms with Gasteiger partial charge in [-0.3, -0.25) is 9.69 Å². The molecule has 0 saturated carbocycles. The number of carbonyl (C=O) groups is 1. The van der Waals surface area contributed by atoms with Crippen LogP contribution in [0.1, 0.15) is 41.9 Å². The SMILES string of the molecule is C[C@H](CO)N1C[C@H](C)[C@@H](CN(C)Cc2cccc3c2OCCCO3)OCc2ccccc2-c2c(n(C)c3ccccc23)C1=O. The number of fused-ring (bicyclic) bond motifs is 6. The van der Waals surface area contributed by atoms with E-state index in [2.05, 4.69) is 49.2 Å². The van der Waals surface area contributed by atoms with E-state index in [0.717, 1.165) is 51.1 Å². The summed E-state index contributed by atoms with van der Waals surface area (Å²) in [6.07, 6.45) is 0.687. The fourth-order valence-electron chi connectivity index (χ4n) is 6.57. The summed E-state index contributed by atoms with van der Waals surface area (Å²) in [4.78, 5) is 18.6. The van der Waals surface area contributed by atoms with Gasteiger partial charge >= 0.3 is 0 Å². The molecule has 8 nitrogen and oxygen atoms in total. The molecule has 0 spiro atoms. The topological polar surface area (TPSA) is 76.4 Å². The first-order valence-electron chi connectivity index (χ1n) is 15.6. The van der Waals surface area contributed by atoms with E-state index in [4.69, 9.17) is 14.2 Å². The number of aromatic nitrogens is 1. The fraction of sp³-hybridized carbons (Fsp3) is 0.417. The van der Waals surface area contributed by atoms with Crippen molar-refractivity contribution in [1.82, 2.24) is 14.4 Å². The molecule has 1 N–H and O–H groups in total. The molecule has 0 bridgehead atoms. The maximum absolute atomic E-state index is 14.6. The van der Waals surface area contributed by atoms with Gasteiger partial charge in [0.05, 0.1) is 38.6 Å². The van der Waals surface area contributed by atoms with E-state index in [1.807, 2.05) is 59.8 Å². The minimum Gasteiger partial charge on any atom is -0.490 e. The molecule has 232 valence electrons. The Morgan fingerprint density at radius 2 is 1.80 bits per heavy atom. The first-order chi connectivity index (χ1) is 21.4. The number of aryl methyl sites for hydroxylation is 1. The number of carbonyl (C=O) groups excluding carboxylic acids is 1. The van der Waals surface area contributed by atoms with Crippen LogP contribution in [0.15, 0.2) is 66.7 Å². The molecule has 2 aliphatic heterocycles. The summed E-state index contributed by atoms with van der Waals surface area (Å²) in [7, 11) is 4.05. The summed E-state index contributed by atoms with van der Waals surface area (Å²) in [6.45, 7) is 7.41. The van der Waals surface area contributed by atoms with Crippen LogP contribution in [0.3, 0.4) is 0 Å². The molecule has 6 rings (SSSR count). The first-order valence-corrected chi connectivity index (χ1v) is 15.6. The van der Waals surface area contributed by atoms with Crippen LogP contribution in [-0.4, -0.2) is 77.5 Å². The van der Waals surface area contributed by atoms with Gasteiger partial charge in [-0.25, -0.2) is 0 Å². The van der Waals surface area contributed by atoms with Crippen LogP contribution in [-0.2, 0) is 24.9 Å². The fourth-order valence-corrected chi connectivity index (χ4v) is 6.57. The Balaban J connectivity index is 1.36. The summed E-state index contributed by atoms with van der Waals surface area (Å²) >= 11 is 0. The van der Waals surface area contributed by atoms with Gasteiger partial charge in [-0.15, -0.1) is 0 Å². The highest BCUT2D eigenvalue weighted by atomic mass is 16.5. The highest BCUT2D eigenvalue weighted by Gasteiger charge is 2.33. The van der Waals surface area contributed by atoms with Crippen molar-refractivity contribution >= 4 is 16.8 Å². The third-order valence-corrected chi connectivity index (χ3v) is 9.01. The predicted octanol–water partition coefficient (Wildman–Crippen LogP) is 5.50. The van der Waals surface area contributed by atoms with Gasteiger partial charge < -0.3 is 28.8 Å². The summed E-state index contributed by atoms with van der Waals surface area (Å²) in [5.41, 5.74) is 5.66. The molecular formula is C36H43N3O5. The third kappa shape index (κ3) is 5.82. The van der Waals surface area contributed by atoms with Crippen molar-refractivity contribution in [3.8, 4) is 22.6 Å². The summed E-state index contributed by atoms with van der Waals surface area (Å²) in [5, 5.41) is 11.3. The van der Waals surface area contributed by atoms with Crippen molar-refractivity contribution in [2.24, 2.45) is 13.0 Å². The van der Waals surface area contributed by atoms with Crippen LogP contribution < -0.4 is 9.47 Å². The minimum atomic E-state index is -0.359. The second-order valence-electron chi connectivity index (χ2n) is 12.3. The molecule has 0 saturated heterocycles. The number of hydrogen-bond acceptors (Lipinski definition) is 6. The molecule has 0 unspecified atom stereocenters. The average Bonchev–Trinajstić information content (AvgIpc) is 3.16. The third-order valence-electron chi connectivity index (χ3n) is 9.01. The molecule has 0 radical (unpaired) electrons. The Bertz CT molecular complexity index is 1630. The van der Waals surface area contributed by atoms with Crippen molar-refractivity contribution in [3.05, 3.63) is 83.6 Å². The Kier molecular flexibility index (Phi) is 8.93. The monoisotopic (exact) mass is 597 g/mol. The van der Waals surface area contributed by atoms with Gasteiger partial charge in [0.25, 0.3) is 5.91 Å². The number of benzene rings is 3. The number of ether oxygens (including phenoxy) is 3. The van der Waals surface area contributed by atoms with E-state index in [-0.39, 0.29) is 30.6 Å². The largest absolute Gasteiger partial charge is 0.490 e. The number of aliphatic hydroxyl groups excluding tert-OH is 1. The van der Waals surface area contributed by atoms with Crippen molar-refractivity contribution in [1.29, 1.82) is 0 Å². The zero-order valence-corrected chi connectivity index (χ0v) is 26.2. The molecule has 3 heterocycles. The quantitative estimate of drug-likeness (QED) is 0.317. The average molecular weight is 598 g/mol. The first kappa shape index (κ1) is 30.2. The number of amides is 1. The number of hydrogen-bond donors (Lipinski definition) is 1. The van der Waals surface area contributed by atoms with Crippen LogP contribution in [0.2, 0.25) is 0 Å². The molecule has 3 atom stereocenters. The Labute approximate surface area is 259 Å². The Hall–Kier alpha value is -3.85. The summed E-state index contributed by atoms with van der Waals surface area (Å²) < 4.78 is 20.8. The molecule has 1 aromatic heterocycles. The van der Waals surface area contributed by atoms with E-state index >= 15 is 0 Å². The van der Waals surface area contributed by atoms with Gasteiger partial charge in [0.15, 0.2) is 11.5 Å². The molecule has 8 heteroatoms. The minimum absolute atomic E-state index is 0.00808. The van der Waals surface area contributed by atoms with E-state index in [9.17, 15) is 9.90 Å². The lowest BCUT2D eigenvalue weighted by Gasteiger charge is -2.35. The number of para-hydroxylation sites is 2. The molecule has 4 aromatic rings. The van der Waals surface area contributed by atoms with Crippen LogP contribution in [0.25, 0.3) is 22.0 Å². The molecule has 1 amide bonds. The van der Waals surface area contributed by atoms with Crippen LogP contribution >= 0.6 is 0 Å². The van der Waals surface area contributed by atoms with Gasteiger partial charge in [-0.1, -0.05) is 61.5 Å². The molecule has 2 aliphatic rings. The van der Waals surface area contributed by atoms with Crippen molar-refractivity contribution in [3.63, 3.8) is 0 Å². The Morgan fingerprint density at radius 3 is 2.64 bits per heavy atom. The maximum atomic E-state index is 14.6. The molecule has 44 heavy (non-hydrogen) atoms. The maximum Gasteiger partial charge on any atom is 0.271 e. The second kappa shape index (κ2) is 13.0. The van der Waals surface area contributed by atoms with Crippen LogP contribution in [0.5, 0.6) is 11.5 Å². The highest BCUT2D eigenvalue weighted by molar-refractivity contribution is 6.10. The summed E-state index contributed by atoms with van der Waals surface area (Å²) in [5.74, 6) is 1.52. The number of aliphatic hydroxyl groups is 1. The zero-order valence-electron chi connectivity index (χ0n) is 26.2. The molecule has 3 aromatic carbocycles. The van der Waals surface area contributed by atoms with Crippen LogP contribution in [0.4, 0.5) is 0 Å². The standard InChI is InChI=1S/C36H43N3O5/c1-24-19-39(25(2)22-40)36(41)34-33(29-14-7-8-15-30(29)38(34)4)28-13-6-5-11-27(28)23-44-32(24)21-37(3)20-26-12-9-16-31-35(26)43-18-10-17-42-31/h5-9,11-16,24-25,32,40H,10,17-23H2,1-4H3/t24-,25+,32+/m0/s1. The number of likely N-dealkylation sites (N-methyl/N-ethyl adjacent to an activating group) is 1. The van der Waals surface area contributed by atoms with Gasteiger partial charge in [0.2, 0.25) is 0 Å². The lowest BCUT2D eigenvalue weighted by atomic mass is 9.96. The smallest absolute Gasteiger partial charge is 0.271 e. The normalized spacial score (nSPS) is 19.7. The molecular weight excluding hydrogens is 554 g/mol. The van der Waals surface area contributed by atoms with Crippen LogP contribution in [0, 0.1) is 5.92 Å². The molecule has 0 aliphatic carbocycles.